The van der Waals surface area contributed by atoms with Crippen molar-refractivity contribution in [2.45, 2.75) is 6.04 Å². The van der Waals surface area contributed by atoms with Gasteiger partial charge in [0.05, 0.1) is 11.0 Å². The van der Waals surface area contributed by atoms with Crippen molar-refractivity contribution in [2.75, 3.05) is 46.6 Å². The van der Waals surface area contributed by atoms with Gasteiger partial charge in [-0.1, -0.05) is 12.1 Å². The number of fused-ring (bicyclic) bond motifs is 1. The van der Waals surface area contributed by atoms with Crippen molar-refractivity contribution in [2.24, 2.45) is 0 Å². The first-order chi connectivity index (χ1) is 14.5. The van der Waals surface area contributed by atoms with E-state index in [1.807, 2.05) is 18.2 Å². The SMILES string of the molecule is CN1CCN([C@H](CNC(=O)c2cccc([N+](=O)[O-])c2)c2ccc3c(c2)OCO3)CC1. The number of likely N-dealkylation sites (N-methyl/N-ethyl adjacent to an activating group) is 1. The number of piperazine rings is 1. The van der Waals surface area contributed by atoms with Gasteiger partial charge in [-0.05, 0) is 30.8 Å². The molecule has 0 aromatic heterocycles. The van der Waals surface area contributed by atoms with Crippen molar-refractivity contribution in [1.82, 2.24) is 15.1 Å². The second-order valence-corrected chi connectivity index (χ2v) is 7.49. The van der Waals surface area contributed by atoms with Crippen LogP contribution in [0.1, 0.15) is 22.0 Å². The van der Waals surface area contributed by atoms with Gasteiger partial charge < -0.3 is 19.7 Å². The lowest BCUT2D eigenvalue weighted by Crippen LogP contribution is -2.48. The van der Waals surface area contributed by atoms with Gasteiger partial charge in [-0.3, -0.25) is 19.8 Å². The zero-order valence-corrected chi connectivity index (χ0v) is 16.7. The third kappa shape index (κ3) is 4.37. The fraction of sp³-hybridized carbons (Fsp3) is 0.381. The number of rotatable bonds is 6. The van der Waals surface area contributed by atoms with E-state index in [2.05, 4.69) is 22.2 Å². The zero-order chi connectivity index (χ0) is 21.1. The number of carbonyl (C=O) groups excluding carboxylic acids is 1. The molecule has 158 valence electrons. The second kappa shape index (κ2) is 8.68. The van der Waals surface area contributed by atoms with Gasteiger partial charge >= 0.3 is 0 Å². The molecule has 0 aliphatic carbocycles. The second-order valence-electron chi connectivity index (χ2n) is 7.49. The average Bonchev–Trinajstić information content (AvgIpc) is 3.23. The molecule has 1 N–H and O–H groups in total. The Kier molecular flexibility index (Phi) is 5.82. The van der Waals surface area contributed by atoms with Gasteiger partial charge in [0.25, 0.3) is 11.6 Å². The molecule has 0 unspecified atom stereocenters. The van der Waals surface area contributed by atoms with Crippen LogP contribution < -0.4 is 14.8 Å². The van der Waals surface area contributed by atoms with Gasteiger partial charge in [-0.25, -0.2) is 0 Å². The van der Waals surface area contributed by atoms with Crippen LogP contribution >= 0.6 is 0 Å². The Hall–Kier alpha value is -3.17. The van der Waals surface area contributed by atoms with Gasteiger partial charge in [-0.15, -0.1) is 0 Å². The summed E-state index contributed by atoms with van der Waals surface area (Å²) in [5.74, 6) is 1.09. The molecule has 1 amide bonds. The van der Waals surface area contributed by atoms with E-state index in [4.69, 9.17) is 9.47 Å². The molecule has 1 fully saturated rings. The summed E-state index contributed by atoms with van der Waals surface area (Å²) < 4.78 is 10.9. The van der Waals surface area contributed by atoms with Gasteiger partial charge in [0.2, 0.25) is 6.79 Å². The van der Waals surface area contributed by atoms with Crippen LogP contribution in [0.5, 0.6) is 11.5 Å². The molecule has 0 radical (unpaired) electrons. The van der Waals surface area contributed by atoms with Crippen LogP contribution in [-0.4, -0.2) is 67.2 Å². The minimum absolute atomic E-state index is 0.0455. The van der Waals surface area contributed by atoms with Crippen molar-refractivity contribution < 1.29 is 19.2 Å². The molecular weight excluding hydrogens is 388 g/mol. The van der Waals surface area contributed by atoms with E-state index in [0.717, 1.165) is 37.5 Å². The molecule has 1 atom stereocenters. The van der Waals surface area contributed by atoms with E-state index < -0.39 is 4.92 Å². The van der Waals surface area contributed by atoms with Crippen LogP contribution in [0.25, 0.3) is 0 Å². The van der Waals surface area contributed by atoms with Crippen LogP contribution in [-0.2, 0) is 0 Å². The normalized spacial score (nSPS) is 17.5. The fourth-order valence-electron chi connectivity index (χ4n) is 3.76. The summed E-state index contributed by atoms with van der Waals surface area (Å²) in [7, 11) is 2.09. The number of carbonyl (C=O) groups is 1. The number of non-ortho nitro benzene ring substituents is 1. The highest BCUT2D eigenvalue weighted by Crippen LogP contribution is 2.35. The summed E-state index contributed by atoms with van der Waals surface area (Å²) in [5, 5.41) is 13.9. The Morgan fingerprint density at radius 3 is 2.67 bits per heavy atom. The van der Waals surface area contributed by atoms with E-state index >= 15 is 0 Å². The molecule has 9 heteroatoms. The summed E-state index contributed by atoms with van der Waals surface area (Å²) >= 11 is 0. The van der Waals surface area contributed by atoms with Crippen LogP contribution in [0, 0.1) is 10.1 Å². The maximum atomic E-state index is 12.7. The molecule has 4 rings (SSSR count). The number of nitrogens with zero attached hydrogens (tertiary/aromatic N) is 3. The molecule has 30 heavy (non-hydrogen) atoms. The predicted molar refractivity (Wildman–Crippen MR) is 110 cm³/mol. The number of nitro groups is 1. The molecule has 2 aliphatic heterocycles. The predicted octanol–water partition coefficient (Wildman–Crippen LogP) is 2.04. The van der Waals surface area contributed by atoms with Crippen molar-refractivity contribution in [3.63, 3.8) is 0 Å². The average molecular weight is 412 g/mol. The van der Waals surface area contributed by atoms with Crippen LogP contribution in [0.4, 0.5) is 5.69 Å². The van der Waals surface area contributed by atoms with Gasteiger partial charge in [-0.2, -0.15) is 0 Å². The van der Waals surface area contributed by atoms with E-state index in [1.165, 1.54) is 18.2 Å². The van der Waals surface area contributed by atoms with Crippen LogP contribution in [0.2, 0.25) is 0 Å². The number of benzene rings is 2. The first kappa shape index (κ1) is 20.1. The molecule has 2 aromatic rings. The molecule has 2 aromatic carbocycles. The number of nitro benzene ring substituents is 1. The number of ether oxygens (including phenoxy) is 2. The van der Waals surface area contributed by atoms with Crippen molar-refractivity contribution in [3.05, 3.63) is 63.7 Å². The molecule has 1 saturated heterocycles. The molecule has 0 saturated carbocycles. The number of amides is 1. The molecule has 2 aliphatic rings. The highest BCUT2D eigenvalue weighted by Gasteiger charge is 2.26. The standard InChI is InChI=1S/C21H24N4O5/c1-23-7-9-24(10-8-23)18(15-5-6-19-20(12-15)30-14-29-19)13-22-21(26)16-3-2-4-17(11-16)25(27)28/h2-6,11-12,18H,7-10,13-14H2,1H3,(H,22,26)/t18-/m1/s1. The molecule has 9 nitrogen and oxygen atoms in total. The largest absolute Gasteiger partial charge is 0.454 e. The van der Waals surface area contributed by atoms with Gasteiger partial charge in [0.15, 0.2) is 11.5 Å². The Bertz CT molecular complexity index is 943. The third-order valence-corrected chi connectivity index (χ3v) is 5.54. The van der Waals surface area contributed by atoms with E-state index in [0.29, 0.717) is 12.3 Å². The Morgan fingerprint density at radius 2 is 1.90 bits per heavy atom. The third-order valence-electron chi connectivity index (χ3n) is 5.54. The lowest BCUT2D eigenvalue weighted by Gasteiger charge is -2.38. The summed E-state index contributed by atoms with van der Waals surface area (Å²) in [6.45, 7) is 4.23. The summed E-state index contributed by atoms with van der Waals surface area (Å²) in [6, 6.07) is 11.6. The van der Waals surface area contributed by atoms with E-state index in [9.17, 15) is 14.9 Å². The van der Waals surface area contributed by atoms with Gasteiger partial charge in [0.1, 0.15) is 0 Å². The minimum atomic E-state index is -0.504. The van der Waals surface area contributed by atoms with Crippen molar-refractivity contribution in [1.29, 1.82) is 0 Å². The Labute approximate surface area is 174 Å². The number of hydrogen-bond acceptors (Lipinski definition) is 7. The topological polar surface area (TPSA) is 97.2 Å². The minimum Gasteiger partial charge on any atom is -0.454 e. The summed E-state index contributed by atoms with van der Waals surface area (Å²) in [4.78, 5) is 27.8. The highest BCUT2D eigenvalue weighted by atomic mass is 16.7. The maximum Gasteiger partial charge on any atom is 0.270 e. The Morgan fingerprint density at radius 1 is 1.13 bits per heavy atom. The van der Waals surface area contributed by atoms with E-state index in [1.54, 1.807) is 6.07 Å². The number of hydrogen-bond donors (Lipinski definition) is 1. The van der Waals surface area contributed by atoms with Crippen LogP contribution in [0.15, 0.2) is 42.5 Å². The quantitative estimate of drug-likeness (QED) is 0.573. The first-order valence-electron chi connectivity index (χ1n) is 9.86. The van der Waals surface area contributed by atoms with Gasteiger partial charge in [0, 0.05) is 50.4 Å². The zero-order valence-electron chi connectivity index (χ0n) is 16.7. The fourth-order valence-corrected chi connectivity index (χ4v) is 3.76. The Balaban J connectivity index is 1.52. The molecular formula is C21H24N4O5. The number of nitrogens with one attached hydrogen (secondary N) is 1. The summed E-state index contributed by atoms with van der Waals surface area (Å²) in [6.07, 6.45) is 0. The lowest BCUT2D eigenvalue weighted by molar-refractivity contribution is -0.384. The first-order valence-corrected chi connectivity index (χ1v) is 9.86. The lowest BCUT2D eigenvalue weighted by atomic mass is 10.0. The summed E-state index contributed by atoms with van der Waals surface area (Å²) in [5.41, 5.74) is 1.20. The maximum absolute atomic E-state index is 12.7. The van der Waals surface area contributed by atoms with Crippen molar-refractivity contribution in [3.8, 4) is 11.5 Å². The monoisotopic (exact) mass is 412 g/mol. The van der Waals surface area contributed by atoms with Crippen molar-refractivity contribution >= 4 is 11.6 Å². The van der Waals surface area contributed by atoms with E-state index in [-0.39, 0.29) is 30.0 Å². The van der Waals surface area contributed by atoms with Crippen LogP contribution in [0.3, 0.4) is 0 Å². The molecule has 0 bridgehead atoms. The highest BCUT2D eigenvalue weighted by molar-refractivity contribution is 5.94. The smallest absolute Gasteiger partial charge is 0.270 e. The molecule has 0 spiro atoms. The molecule has 2 heterocycles.